The first kappa shape index (κ1) is 30.9. The highest BCUT2D eigenvalue weighted by atomic mass is 33.7. The Bertz CT molecular complexity index is 550. The predicted octanol–water partition coefficient (Wildman–Crippen LogP) is 6.55. The monoisotopic (exact) mass is 556 g/mol. The Morgan fingerprint density at radius 3 is 2.28 bits per heavy atom. The molecule has 0 aromatic heterocycles. The van der Waals surface area contributed by atoms with E-state index in [0.717, 1.165) is 57.1 Å². The molecule has 0 aliphatic heterocycles. The summed E-state index contributed by atoms with van der Waals surface area (Å²) in [4.78, 5) is 0.417. The molecule has 0 aliphatic rings. The number of hydrogen-bond donors (Lipinski definition) is 0. The summed E-state index contributed by atoms with van der Waals surface area (Å²) in [5.41, 5.74) is 1.38. The Morgan fingerprint density at radius 1 is 0.938 bits per heavy atom. The Kier molecular flexibility index (Phi) is 19.4. The minimum Gasteiger partial charge on any atom is -0.396 e. The van der Waals surface area contributed by atoms with Crippen molar-refractivity contribution in [1.29, 1.82) is 0 Å². The molecule has 1 aromatic carbocycles. The molecule has 0 heterocycles. The van der Waals surface area contributed by atoms with Crippen LogP contribution in [0.4, 0.5) is 0 Å². The Morgan fingerprint density at radius 2 is 1.66 bits per heavy atom. The van der Waals surface area contributed by atoms with Crippen LogP contribution in [0.15, 0.2) is 30.3 Å². The lowest BCUT2D eigenvalue weighted by molar-refractivity contribution is 0.123. The molecular formula is C21H40O5S4Si2. The van der Waals surface area contributed by atoms with Gasteiger partial charge >= 0.3 is 18.1 Å². The lowest BCUT2D eigenvalue weighted by Gasteiger charge is -2.24. The lowest BCUT2D eigenvalue weighted by atomic mass is 10.1. The lowest BCUT2D eigenvalue weighted by Crippen LogP contribution is -2.42. The van der Waals surface area contributed by atoms with Gasteiger partial charge < -0.3 is 22.1 Å². The SMILES string of the molecule is CCCCO[SiH](OCC)C(CCc1ccccc1)SSSSCCC[Si](OC)(OC)OC. The van der Waals surface area contributed by atoms with Gasteiger partial charge in [-0.05, 0) is 57.8 Å². The van der Waals surface area contributed by atoms with Crippen molar-refractivity contribution in [3.05, 3.63) is 35.9 Å². The van der Waals surface area contributed by atoms with Crippen LogP contribution < -0.4 is 0 Å². The fourth-order valence-electron chi connectivity index (χ4n) is 2.98. The maximum atomic E-state index is 6.27. The van der Waals surface area contributed by atoms with Crippen LogP contribution in [0.2, 0.25) is 6.04 Å². The zero-order chi connectivity index (χ0) is 23.5. The number of hydrogen-bond acceptors (Lipinski definition) is 9. The van der Waals surface area contributed by atoms with E-state index in [1.54, 1.807) is 21.3 Å². The largest absolute Gasteiger partial charge is 0.500 e. The first-order chi connectivity index (χ1) is 15.6. The van der Waals surface area contributed by atoms with E-state index in [1.807, 2.05) is 41.2 Å². The van der Waals surface area contributed by atoms with E-state index in [-0.39, 0.29) is 0 Å². The predicted molar refractivity (Wildman–Crippen MR) is 150 cm³/mol. The third kappa shape index (κ3) is 13.1. The molecule has 186 valence electrons. The van der Waals surface area contributed by atoms with Gasteiger partial charge in [-0.3, -0.25) is 0 Å². The fourth-order valence-corrected chi connectivity index (χ4v) is 15.7. The van der Waals surface area contributed by atoms with Gasteiger partial charge in [-0.1, -0.05) is 65.3 Å². The third-order valence-electron chi connectivity index (χ3n) is 4.86. The summed E-state index contributed by atoms with van der Waals surface area (Å²) >= 11 is 0. The van der Waals surface area contributed by atoms with Crippen LogP contribution in [0.3, 0.4) is 0 Å². The molecule has 0 N–H and O–H groups in total. The maximum Gasteiger partial charge on any atom is 0.500 e. The standard InChI is InChI=1S/C21H40O5S4Si2/c1-6-8-17-26-31(25-7-2)21(16-15-20-13-10-9-11-14-20)28-30-29-27-18-12-19-32(22-3,23-4)24-5/h9-11,13-14,21,31H,6-8,12,15-19H2,1-5H3. The summed E-state index contributed by atoms with van der Waals surface area (Å²) < 4.78 is 28.9. The van der Waals surface area contributed by atoms with Gasteiger partial charge in [-0.25, -0.2) is 0 Å². The fraction of sp³-hybridized carbons (Fsp3) is 0.714. The molecular weight excluding hydrogens is 517 g/mol. The van der Waals surface area contributed by atoms with Crippen LogP contribution in [0.25, 0.3) is 0 Å². The molecule has 11 heteroatoms. The highest BCUT2D eigenvalue weighted by molar-refractivity contribution is 9.26. The molecule has 0 bridgehead atoms. The molecule has 0 spiro atoms. The van der Waals surface area contributed by atoms with Crippen molar-refractivity contribution >= 4 is 59.3 Å². The van der Waals surface area contributed by atoms with Gasteiger partial charge in [0.15, 0.2) is 0 Å². The van der Waals surface area contributed by atoms with E-state index < -0.39 is 18.1 Å². The molecule has 0 radical (unpaired) electrons. The van der Waals surface area contributed by atoms with Crippen LogP contribution >= 0.6 is 41.2 Å². The van der Waals surface area contributed by atoms with Crippen molar-refractivity contribution < 1.29 is 22.1 Å². The smallest absolute Gasteiger partial charge is 0.396 e. The van der Waals surface area contributed by atoms with E-state index in [9.17, 15) is 0 Å². The Balaban J connectivity index is 2.47. The molecule has 1 aromatic rings. The summed E-state index contributed by atoms with van der Waals surface area (Å²) in [6, 6.07) is 11.6. The Labute approximate surface area is 213 Å². The third-order valence-corrected chi connectivity index (χ3v) is 18.2. The van der Waals surface area contributed by atoms with E-state index in [1.165, 1.54) is 5.56 Å². The second-order valence-electron chi connectivity index (χ2n) is 7.06. The maximum absolute atomic E-state index is 6.27. The summed E-state index contributed by atoms with van der Waals surface area (Å²) in [5.74, 6) is 1.04. The minimum absolute atomic E-state index is 0.417. The van der Waals surface area contributed by atoms with Crippen LogP contribution in [0, 0.1) is 0 Å². The van der Waals surface area contributed by atoms with Gasteiger partial charge in [0.1, 0.15) is 0 Å². The molecule has 32 heavy (non-hydrogen) atoms. The van der Waals surface area contributed by atoms with Crippen molar-refractivity contribution in [3.8, 4) is 0 Å². The Hall–Kier alpha value is 0.854. The molecule has 5 nitrogen and oxygen atoms in total. The van der Waals surface area contributed by atoms with E-state index >= 15 is 0 Å². The summed E-state index contributed by atoms with van der Waals surface area (Å²) in [7, 11) is 8.32. The number of aryl methyl sites for hydroxylation is 1. The van der Waals surface area contributed by atoms with Crippen molar-refractivity contribution in [2.24, 2.45) is 0 Å². The van der Waals surface area contributed by atoms with E-state index in [2.05, 4.69) is 44.2 Å². The van der Waals surface area contributed by atoms with Crippen LogP contribution in [0.5, 0.6) is 0 Å². The molecule has 2 unspecified atom stereocenters. The first-order valence-corrected chi connectivity index (χ1v) is 19.8. The summed E-state index contributed by atoms with van der Waals surface area (Å²) in [5, 5.41) is 0. The molecule has 0 amide bonds. The quantitative estimate of drug-likeness (QED) is 0.0953. The van der Waals surface area contributed by atoms with Crippen molar-refractivity contribution in [2.75, 3.05) is 40.3 Å². The van der Waals surface area contributed by atoms with Crippen LogP contribution in [-0.2, 0) is 28.6 Å². The zero-order valence-corrected chi connectivity index (χ0v) is 25.5. The minimum atomic E-state index is -2.45. The molecule has 2 atom stereocenters. The first-order valence-electron chi connectivity index (χ1n) is 11.2. The second kappa shape index (κ2) is 20.1. The van der Waals surface area contributed by atoms with Gasteiger partial charge in [-0.15, -0.1) is 0 Å². The van der Waals surface area contributed by atoms with E-state index in [4.69, 9.17) is 22.1 Å². The molecule has 0 fully saturated rings. The summed E-state index contributed by atoms with van der Waals surface area (Å²) in [6.07, 6.45) is 5.40. The normalized spacial score (nSPS) is 13.9. The van der Waals surface area contributed by atoms with E-state index in [0.29, 0.717) is 4.87 Å². The molecule has 0 saturated heterocycles. The highest BCUT2D eigenvalue weighted by Crippen LogP contribution is 2.46. The van der Waals surface area contributed by atoms with Gasteiger partial charge in [0.05, 0.1) is 4.87 Å². The topological polar surface area (TPSA) is 46.2 Å². The van der Waals surface area contributed by atoms with Gasteiger partial charge in [0.2, 0.25) is 0 Å². The summed E-state index contributed by atoms with van der Waals surface area (Å²) in [6.45, 7) is 5.81. The second-order valence-corrected chi connectivity index (χ2v) is 19.1. The highest BCUT2D eigenvalue weighted by Gasteiger charge is 2.36. The molecule has 1 rings (SSSR count). The average Bonchev–Trinajstić information content (AvgIpc) is 2.83. The number of benzene rings is 1. The molecule has 0 saturated carbocycles. The van der Waals surface area contributed by atoms with Crippen molar-refractivity contribution in [3.63, 3.8) is 0 Å². The zero-order valence-electron chi connectivity index (χ0n) is 20.1. The van der Waals surface area contributed by atoms with Crippen molar-refractivity contribution in [2.45, 2.75) is 56.9 Å². The average molecular weight is 557 g/mol. The molecule has 0 aliphatic carbocycles. The van der Waals surface area contributed by atoms with Crippen LogP contribution in [0.1, 0.15) is 45.1 Å². The van der Waals surface area contributed by atoms with Gasteiger partial charge in [0.25, 0.3) is 0 Å². The van der Waals surface area contributed by atoms with Crippen molar-refractivity contribution in [1.82, 2.24) is 0 Å². The number of rotatable bonds is 21. The van der Waals surface area contributed by atoms with Gasteiger partial charge in [0, 0.05) is 46.3 Å². The number of unbranched alkanes of at least 4 members (excludes halogenated alkanes) is 1. The van der Waals surface area contributed by atoms with Crippen LogP contribution in [-0.4, -0.2) is 63.3 Å². The van der Waals surface area contributed by atoms with Gasteiger partial charge in [-0.2, -0.15) is 0 Å².